The molecule has 1 atom stereocenters. The molecule has 1 saturated heterocycles. The first kappa shape index (κ1) is 15.0. The van der Waals surface area contributed by atoms with Crippen LogP contribution in [0.4, 0.5) is 5.69 Å². The third-order valence-corrected chi connectivity index (χ3v) is 3.97. The average Bonchev–Trinajstić information content (AvgIpc) is 2.97. The van der Waals surface area contributed by atoms with Gasteiger partial charge in [0.2, 0.25) is 0 Å². The Bertz CT molecular complexity index is 796. The number of carbonyl (C=O) groups excluding carboxylic acids is 1. The third-order valence-electron chi connectivity index (χ3n) is 3.97. The Hall–Kier alpha value is -2.90. The molecule has 0 spiro atoms. The highest BCUT2D eigenvalue weighted by molar-refractivity contribution is 5.98. The molecule has 2 aromatic rings. The summed E-state index contributed by atoms with van der Waals surface area (Å²) in [5.74, 6) is -1.55. The van der Waals surface area contributed by atoms with Crippen LogP contribution in [0.2, 0.25) is 0 Å². The second-order valence-corrected chi connectivity index (χ2v) is 5.44. The number of furan rings is 1. The number of nitro groups is 1. The third kappa shape index (κ3) is 2.75. The molecule has 1 fully saturated rings. The van der Waals surface area contributed by atoms with Crippen LogP contribution in [-0.2, 0) is 4.79 Å². The number of carboxylic acid groups (broad SMARTS) is 1. The van der Waals surface area contributed by atoms with Crippen molar-refractivity contribution in [1.82, 2.24) is 4.90 Å². The summed E-state index contributed by atoms with van der Waals surface area (Å²) in [5.41, 5.74) is 0.251. The van der Waals surface area contributed by atoms with Gasteiger partial charge in [0.05, 0.1) is 4.92 Å². The van der Waals surface area contributed by atoms with Crippen molar-refractivity contribution in [2.75, 3.05) is 6.54 Å². The van der Waals surface area contributed by atoms with Crippen molar-refractivity contribution in [1.29, 1.82) is 0 Å². The smallest absolute Gasteiger partial charge is 0.326 e. The highest BCUT2D eigenvalue weighted by Crippen LogP contribution is 2.27. The van der Waals surface area contributed by atoms with E-state index >= 15 is 0 Å². The zero-order valence-electron chi connectivity index (χ0n) is 12.1. The van der Waals surface area contributed by atoms with E-state index in [4.69, 9.17) is 4.42 Å². The summed E-state index contributed by atoms with van der Waals surface area (Å²) < 4.78 is 5.44. The molecular formula is C15H14N2O6. The summed E-state index contributed by atoms with van der Waals surface area (Å²) >= 11 is 0. The molecule has 120 valence electrons. The van der Waals surface area contributed by atoms with E-state index in [-0.39, 0.29) is 11.4 Å². The summed E-state index contributed by atoms with van der Waals surface area (Å²) in [4.78, 5) is 35.4. The van der Waals surface area contributed by atoms with Crippen LogP contribution < -0.4 is 0 Å². The summed E-state index contributed by atoms with van der Waals surface area (Å²) in [6, 6.07) is 4.59. The molecule has 0 saturated carbocycles. The van der Waals surface area contributed by atoms with Gasteiger partial charge in [0, 0.05) is 24.1 Å². The second-order valence-electron chi connectivity index (χ2n) is 5.44. The average molecular weight is 318 g/mol. The van der Waals surface area contributed by atoms with Crippen LogP contribution in [0.3, 0.4) is 0 Å². The highest BCUT2D eigenvalue weighted by atomic mass is 16.6. The molecule has 23 heavy (non-hydrogen) atoms. The number of nitro benzene ring substituents is 1. The van der Waals surface area contributed by atoms with E-state index in [9.17, 15) is 24.8 Å². The number of aliphatic carboxylic acids is 1. The van der Waals surface area contributed by atoms with Crippen molar-refractivity contribution in [2.24, 2.45) is 0 Å². The highest BCUT2D eigenvalue weighted by Gasteiger charge is 2.33. The number of rotatable bonds is 3. The van der Waals surface area contributed by atoms with Gasteiger partial charge in [-0.15, -0.1) is 0 Å². The molecule has 0 radical (unpaired) electrons. The number of piperidine rings is 1. The van der Waals surface area contributed by atoms with E-state index in [0.29, 0.717) is 23.9 Å². The second kappa shape index (κ2) is 5.71. The van der Waals surface area contributed by atoms with Gasteiger partial charge in [-0.2, -0.15) is 0 Å². The maximum absolute atomic E-state index is 12.5. The van der Waals surface area contributed by atoms with Crippen molar-refractivity contribution in [3.05, 3.63) is 40.1 Å². The molecule has 1 aromatic carbocycles. The SMILES string of the molecule is O=C(O)C1CCCCN1C(=O)c1cc2cc([N+](=O)[O-])ccc2o1. The number of non-ortho nitro benzene ring substituents is 1. The lowest BCUT2D eigenvalue weighted by Crippen LogP contribution is -2.47. The topological polar surface area (TPSA) is 114 Å². The molecule has 0 bridgehead atoms. The molecule has 8 nitrogen and oxygen atoms in total. The zero-order chi connectivity index (χ0) is 16.6. The number of nitrogens with zero attached hydrogens (tertiary/aromatic N) is 2. The molecule has 2 heterocycles. The lowest BCUT2D eigenvalue weighted by Gasteiger charge is -2.32. The number of likely N-dealkylation sites (tertiary alicyclic amines) is 1. The minimum Gasteiger partial charge on any atom is -0.480 e. The van der Waals surface area contributed by atoms with Crippen LogP contribution in [0.1, 0.15) is 29.8 Å². The molecule has 8 heteroatoms. The number of amides is 1. The first-order chi connectivity index (χ1) is 11.0. The largest absolute Gasteiger partial charge is 0.480 e. The predicted molar refractivity (Wildman–Crippen MR) is 79.2 cm³/mol. The lowest BCUT2D eigenvalue weighted by molar-refractivity contribution is -0.384. The number of carbonyl (C=O) groups is 2. The van der Waals surface area contributed by atoms with Crippen molar-refractivity contribution >= 4 is 28.5 Å². The van der Waals surface area contributed by atoms with Crippen LogP contribution >= 0.6 is 0 Å². The molecule has 1 aliphatic rings. The number of fused-ring (bicyclic) bond motifs is 1. The minimum atomic E-state index is -1.04. The summed E-state index contributed by atoms with van der Waals surface area (Å²) in [6.45, 7) is 0.354. The molecule has 0 aliphatic carbocycles. The number of hydrogen-bond acceptors (Lipinski definition) is 5. The summed E-state index contributed by atoms with van der Waals surface area (Å²) in [6.07, 6.45) is 1.90. The van der Waals surface area contributed by atoms with Gasteiger partial charge < -0.3 is 14.4 Å². The maximum atomic E-state index is 12.5. The van der Waals surface area contributed by atoms with Gasteiger partial charge in [0.25, 0.3) is 11.6 Å². The number of benzene rings is 1. The van der Waals surface area contributed by atoms with E-state index in [0.717, 1.165) is 12.8 Å². The molecule has 1 N–H and O–H groups in total. The van der Waals surface area contributed by atoms with E-state index in [1.807, 2.05) is 0 Å². The van der Waals surface area contributed by atoms with E-state index in [1.165, 1.54) is 29.2 Å². The van der Waals surface area contributed by atoms with Crippen LogP contribution in [0.25, 0.3) is 11.0 Å². The Balaban J connectivity index is 1.93. The van der Waals surface area contributed by atoms with Gasteiger partial charge in [0.15, 0.2) is 5.76 Å². The Morgan fingerprint density at radius 2 is 2.09 bits per heavy atom. The van der Waals surface area contributed by atoms with Crippen LogP contribution in [-0.4, -0.2) is 39.4 Å². The van der Waals surface area contributed by atoms with E-state index in [2.05, 4.69) is 0 Å². The monoisotopic (exact) mass is 318 g/mol. The Kier molecular flexibility index (Phi) is 3.73. The zero-order valence-corrected chi connectivity index (χ0v) is 12.1. The fourth-order valence-electron chi connectivity index (χ4n) is 2.82. The molecule has 1 aromatic heterocycles. The quantitative estimate of drug-likeness (QED) is 0.686. The molecular weight excluding hydrogens is 304 g/mol. The molecule has 1 amide bonds. The van der Waals surface area contributed by atoms with Crippen LogP contribution in [0.5, 0.6) is 0 Å². The van der Waals surface area contributed by atoms with Gasteiger partial charge in [-0.1, -0.05) is 0 Å². The van der Waals surface area contributed by atoms with Gasteiger partial charge in [-0.05, 0) is 31.4 Å². The normalized spacial score (nSPS) is 18.1. The standard InChI is InChI=1S/C15H14N2O6/c18-14(16-6-2-1-3-11(16)15(19)20)13-8-9-7-10(17(21)22)4-5-12(9)23-13/h4-5,7-8,11H,1-3,6H2,(H,19,20). The predicted octanol–water partition coefficient (Wildman–Crippen LogP) is 2.42. The Morgan fingerprint density at radius 3 is 2.78 bits per heavy atom. The van der Waals surface area contributed by atoms with Gasteiger partial charge in [-0.3, -0.25) is 14.9 Å². The van der Waals surface area contributed by atoms with Gasteiger partial charge >= 0.3 is 5.97 Å². The fourth-order valence-corrected chi connectivity index (χ4v) is 2.82. The Morgan fingerprint density at radius 1 is 1.30 bits per heavy atom. The van der Waals surface area contributed by atoms with Gasteiger partial charge in [-0.25, -0.2) is 4.79 Å². The Labute approximate surface area is 130 Å². The van der Waals surface area contributed by atoms with E-state index < -0.39 is 22.8 Å². The van der Waals surface area contributed by atoms with Crippen molar-refractivity contribution < 1.29 is 24.0 Å². The first-order valence-electron chi connectivity index (χ1n) is 7.19. The maximum Gasteiger partial charge on any atom is 0.326 e. The molecule has 3 rings (SSSR count). The van der Waals surface area contributed by atoms with Gasteiger partial charge in [0.1, 0.15) is 11.6 Å². The summed E-state index contributed by atoms with van der Waals surface area (Å²) in [7, 11) is 0. The molecule has 1 aliphatic heterocycles. The van der Waals surface area contributed by atoms with E-state index in [1.54, 1.807) is 0 Å². The lowest BCUT2D eigenvalue weighted by atomic mass is 10.0. The van der Waals surface area contributed by atoms with Crippen LogP contribution in [0, 0.1) is 10.1 Å². The molecule has 1 unspecified atom stereocenters. The minimum absolute atomic E-state index is 0.00588. The summed E-state index contributed by atoms with van der Waals surface area (Å²) in [5, 5.41) is 20.5. The van der Waals surface area contributed by atoms with Crippen LogP contribution in [0.15, 0.2) is 28.7 Å². The number of hydrogen-bond donors (Lipinski definition) is 1. The fraction of sp³-hybridized carbons (Fsp3) is 0.333. The van der Waals surface area contributed by atoms with Crippen molar-refractivity contribution in [3.63, 3.8) is 0 Å². The van der Waals surface area contributed by atoms with Crippen molar-refractivity contribution in [3.8, 4) is 0 Å². The van der Waals surface area contributed by atoms with Crippen molar-refractivity contribution in [2.45, 2.75) is 25.3 Å². The number of carboxylic acids is 1. The first-order valence-corrected chi connectivity index (χ1v) is 7.19.